The van der Waals surface area contributed by atoms with Crippen molar-refractivity contribution >= 4 is 33.2 Å². The fourth-order valence-corrected chi connectivity index (χ4v) is 3.72. The minimum atomic E-state index is -3.55. The summed E-state index contributed by atoms with van der Waals surface area (Å²) in [6.07, 6.45) is 0.785. The number of hydrogen-bond acceptors (Lipinski definition) is 3. The molecule has 0 aromatic heterocycles. The lowest BCUT2D eigenvalue weighted by atomic mass is 10.3. The molecule has 1 aliphatic heterocycles. The van der Waals surface area contributed by atoms with E-state index in [1.807, 2.05) is 0 Å². The summed E-state index contributed by atoms with van der Waals surface area (Å²) in [6.45, 7) is 1.47. The van der Waals surface area contributed by atoms with Crippen LogP contribution in [0.15, 0.2) is 23.1 Å². The molecule has 0 saturated carbocycles. The molecule has 0 spiro atoms. The Morgan fingerprint density at radius 1 is 1.24 bits per heavy atom. The smallest absolute Gasteiger partial charge is 0.240 e. The Hall–Kier alpha value is -0.330. The molecule has 1 aromatic rings. The van der Waals surface area contributed by atoms with Crippen molar-refractivity contribution in [3.05, 3.63) is 28.2 Å². The van der Waals surface area contributed by atoms with Gasteiger partial charge in [-0.2, -0.15) is 0 Å². The van der Waals surface area contributed by atoms with Gasteiger partial charge in [-0.15, -0.1) is 0 Å². The highest BCUT2D eigenvalue weighted by molar-refractivity contribution is 7.89. The molecule has 17 heavy (non-hydrogen) atoms. The minimum absolute atomic E-state index is 0.0715. The second kappa shape index (κ2) is 5.12. The lowest BCUT2D eigenvalue weighted by molar-refractivity contribution is 0.560. The molecule has 94 valence electrons. The number of sulfonamides is 1. The van der Waals surface area contributed by atoms with Gasteiger partial charge in [-0.1, -0.05) is 23.2 Å². The molecule has 0 amide bonds. The van der Waals surface area contributed by atoms with Crippen LogP contribution in [0.4, 0.5) is 0 Å². The standard InChI is InChI=1S/C10H12Cl2N2O2S/c11-7-3-8(12)5-10(4-7)17(15,16)14-9-1-2-13-6-9/h3-5,9,13-14H,1-2,6H2. The Balaban J connectivity index is 2.24. The fourth-order valence-electron chi connectivity index (χ4n) is 1.73. The van der Waals surface area contributed by atoms with E-state index in [0.717, 1.165) is 13.0 Å². The summed E-state index contributed by atoms with van der Waals surface area (Å²) in [5.74, 6) is 0. The monoisotopic (exact) mass is 294 g/mol. The normalized spacial score (nSPS) is 20.7. The first-order valence-corrected chi connectivity index (χ1v) is 7.40. The van der Waals surface area contributed by atoms with E-state index in [1.54, 1.807) is 0 Å². The van der Waals surface area contributed by atoms with Gasteiger partial charge in [0.1, 0.15) is 0 Å². The molecule has 1 heterocycles. The summed E-state index contributed by atoms with van der Waals surface area (Å²) in [6, 6.07) is 4.20. The Morgan fingerprint density at radius 3 is 2.41 bits per heavy atom. The summed E-state index contributed by atoms with van der Waals surface area (Å²) in [7, 11) is -3.55. The third-order valence-corrected chi connectivity index (χ3v) is 4.46. The molecule has 1 fully saturated rings. The van der Waals surface area contributed by atoms with Crippen molar-refractivity contribution in [2.24, 2.45) is 0 Å². The van der Waals surface area contributed by atoms with Crippen molar-refractivity contribution < 1.29 is 8.42 Å². The number of rotatable bonds is 3. The van der Waals surface area contributed by atoms with Gasteiger partial charge in [-0.05, 0) is 31.2 Å². The van der Waals surface area contributed by atoms with E-state index in [1.165, 1.54) is 18.2 Å². The van der Waals surface area contributed by atoms with E-state index in [0.29, 0.717) is 16.6 Å². The molecular weight excluding hydrogens is 283 g/mol. The van der Waals surface area contributed by atoms with Crippen LogP contribution in [0.25, 0.3) is 0 Å². The Labute approximate surface area is 110 Å². The Kier molecular flexibility index (Phi) is 3.95. The van der Waals surface area contributed by atoms with Gasteiger partial charge in [0, 0.05) is 22.6 Å². The molecule has 4 nitrogen and oxygen atoms in total. The Morgan fingerprint density at radius 2 is 1.88 bits per heavy atom. The van der Waals surface area contributed by atoms with Gasteiger partial charge in [0.05, 0.1) is 4.90 Å². The van der Waals surface area contributed by atoms with Gasteiger partial charge in [0.2, 0.25) is 10.0 Å². The average Bonchev–Trinajstić information content (AvgIpc) is 2.68. The SMILES string of the molecule is O=S(=O)(NC1CCNC1)c1cc(Cl)cc(Cl)c1. The molecule has 2 rings (SSSR count). The second-order valence-electron chi connectivity index (χ2n) is 3.92. The lowest BCUT2D eigenvalue weighted by Crippen LogP contribution is -2.36. The van der Waals surface area contributed by atoms with Crippen molar-refractivity contribution in [3.63, 3.8) is 0 Å². The van der Waals surface area contributed by atoms with Gasteiger partial charge in [0.15, 0.2) is 0 Å². The number of nitrogens with one attached hydrogen (secondary N) is 2. The van der Waals surface area contributed by atoms with E-state index in [-0.39, 0.29) is 10.9 Å². The molecule has 1 aliphatic rings. The van der Waals surface area contributed by atoms with Crippen molar-refractivity contribution in [1.82, 2.24) is 10.0 Å². The lowest BCUT2D eigenvalue weighted by Gasteiger charge is -2.12. The third-order valence-electron chi connectivity index (χ3n) is 2.53. The summed E-state index contributed by atoms with van der Waals surface area (Å²) in [4.78, 5) is 0.0990. The molecule has 1 saturated heterocycles. The fraction of sp³-hybridized carbons (Fsp3) is 0.400. The number of halogens is 2. The predicted octanol–water partition coefficient (Wildman–Crippen LogP) is 1.63. The van der Waals surface area contributed by atoms with Crippen LogP contribution in [0.5, 0.6) is 0 Å². The molecule has 0 radical (unpaired) electrons. The maximum Gasteiger partial charge on any atom is 0.240 e. The molecular formula is C10H12Cl2N2O2S. The first-order chi connectivity index (χ1) is 7.97. The molecule has 1 unspecified atom stereocenters. The molecule has 1 aromatic carbocycles. The van der Waals surface area contributed by atoms with Crippen LogP contribution < -0.4 is 10.0 Å². The van der Waals surface area contributed by atoms with Crippen LogP contribution in [0.3, 0.4) is 0 Å². The van der Waals surface area contributed by atoms with Gasteiger partial charge in [0.25, 0.3) is 0 Å². The quantitative estimate of drug-likeness (QED) is 0.891. The highest BCUT2D eigenvalue weighted by Crippen LogP contribution is 2.22. The summed E-state index contributed by atoms with van der Waals surface area (Å²) < 4.78 is 26.7. The van der Waals surface area contributed by atoms with E-state index in [9.17, 15) is 8.42 Å². The first-order valence-electron chi connectivity index (χ1n) is 5.16. The second-order valence-corrected chi connectivity index (χ2v) is 6.50. The van der Waals surface area contributed by atoms with Crippen LogP contribution in [0, 0.1) is 0 Å². The summed E-state index contributed by atoms with van der Waals surface area (Å²) in [5, 5.41) is 3.71. The van der Waals surface area contributed by atoms with Gasteiger partial charge in [-0.25, -0.2) is 13.1 Å². The third kappa shape index (κ3) is 3.33. The van der Waals surface area contributed by atoms with E-state index in [4.69, 9.17) is 23.2 Å². The largest absolute Gasteiger partial charge is 0.315 e. The van der Waals surface area contributed by atoms with Crippen molar-refractivity contribution in [2.45, 2.75) is 17.4 Å². The topological polar surface area (TPSA) is 58.2 Å². The maximum absolute atomic E-state index is 12.0. The molecule has 0 aliphatic carbocycles. The predicted molar refractivity (Wildman–Crippen MR) is 68.1 cm³/mol. The highest BCUT2D eigenvalue weighted by Gasteiger charge is 2.23. The average molecular weight is 295 g/mol. The zero-order valence-corrected chi connectivity index (χ0v) is 11.2. The van der Waals surface area contributed by atoms with E-state index >= 15 is 0 Å². The number of benzene rings is 1. The van der Waals surface area contributed by atoms with Crippen LogP contribution in [-0.4, -0.2) is 27.5 Å². The van der Waals surface area contributed by atoms with Crippen molar-refractivity contribution in [3.8, 4) is 0 Å². The van der Waals surface area contributed by atoms with Crippen molar-refractivity contribution in [1.29, 1.82) is 0 Å². The minimum Gasteiger partial charge on any atom is -0.315 e. The first kappa shape index (κ1) is 13.1. The zero-order chi connectivity index (χ0) is 12.5. The molecule has 2 N–H and O–H groups in total. The van der Waals surface area contributed by atoms with Crippen LogP contribution in [-0.2, 0) is 10.0 Å². The summed E-state index contributed by atoms with van der Waals surface area (Å²) >= 11 is 11.6. The van der Waals surface area contributed by atoms with Gasteiger partial charge < -0.3 is 5.32 Å². The molecule has 7 heteroatoms. The van der Waals surface area contributed by atoms with Crippen LogP contribution >= 0.6 is 23.2 Å². The van der Waals surface area contributed by atoms with Gasteiger partial charge >= 0.3 is 0 Å². The van der Waals surface area contributed by atoms with Crippen molar-refractivity contribution in [2.75, 3.05) is 13.1 Å². The van der Waals surface area contributed by atoms with E-state index in [2.05, 4.69) is 10.0 Å². The Bertz CT molecular complexity index is 493. The molecule has 1 atom stereocenters. The zero-order valence-electron chi connectivity index (χ0n) is 8.91. The number of hydrogen-bond donors (Lipinski definition) is 2. The molecule has 0 bridgehead atoms. The highest BCUT2D eigenvalue weighted by atomic mass is 35.5. The van der Waals surface area contributed by atoms with Gasteiger partial charge in [-0.3, -0.25) is 0 Å². The summed E-state index contributed by atoms with van der Waals surface area (Å²) in [5.41, 5.74) is 0. The maximum atomic E-state index is 12.0. The van der Waals surface area contributed by atoms with Crippen LogP contribution in [0.1, 0.15) is 6.42 Å². The van der Waals surface area contributed by atoms with E-state index < -0.39 is 10.0 Å². The van der Waals surface area contributed by atoms with Crippen LogP contribution in [0.2, 0.25) is 10.0 Å².